The third-order valence-corrected chi connectivity index (χ3v) is 2.06. The Morgan fingerprint density at radius 2 is 1.71 bits per heavy atom. The van der Waals surface area contributed by atoms with Crippen LogP contribution < -0.4 is 0 Å². The number of carboxylic acid groups (broad SMARTS) is 1. The maximum Gasteiger partial charge on any atom is 0.342 e. The predicted octanol–water partition coefficient (Wildman–Crippen LogP) is 2.35. The summed E-state index contributed by atoms with van der Waals surface area (Å²) in [5.41, 5.74) is -0.610. The summed E-state index contributed by atoms with van der Waals surface area (Å²) in [6, 6.07) is 0. The molecule has 0 aromatic carbocycles. The molecule has 0 amide bonds. The second kappa shape index (κ2) is 6.73. The third kappa shape index (κ3) is 5.75. The van der Waals surface area contributed by atoms with Gasteiger partial charge in [0, 0.05) is 12.5 Å². The van der Waals surface area contributed by atoms with E-state index in [0.717, 1.165) is 6.08 Å². The van der Waals surface area contributed by atoms with E-state index in [1.807, 2.05) is 13.8 Å². The van der Waals surface area contributed by atoms with Crippen LogP contribution in [0, 0.1) is 5.92 Å². The predicted molar refractivity (Wildman–Crippen MR) is 62.8 cm³/mol. The van der Waals surface area contributed by atoms with Crippen molar-refractivity contribution in [3.05, 3.63) is 23.2 Å². The van der Waals surface area contributed by atoms with Gasteiger partial charge in [-0.15, -0.1) is 0 Å². The molecule has 0 unspecified atom stereocenters. The first-order valence-electron chi connectivity index (χ1n) is 5.32. The Morgan fingerprint density at radius 3 is 2.06 bits per heavy atom. The van der Waals surface area contributed by atoms with Crippen LogP contribution in [-0.4, -0.2) is 27.1 Å². The van der Waals surface area contributed by atoms with Gasteiger partial charge in [-0.2, -0.15) is 0 Å². The summed E-state index contributed by atoms with van der Waals surface area (Å²) in [6.07, 6.45) is 1.51. The zero-order chi connectivity index (χ0) is 13.6. The molecule has 96 valence electrons. The zero-order valence-corrected chi connectivity index (χ0v) is 10.2. The van der Waals surface area contributed by atoms with E-state index in [-0.39, 0.29) is 6.42 Å². The van der Waals surface area contributed by atoms with Gasteiger partial charge in [-0.25, -0.2) is 4.79 Å². The minimum absolute atomic E-state index is 0.148. The number of carbonyl (C=O) groups is 2. The maximum atomic E-state index is 10.9. The first-order valence-corrected chi connectivity index (χ1v) is 5.32. The molecule has 3 N–H and O–H groups in total. The van der Waals surface area contributed by atoms with Gasteiger partial charge in [0.05, 0.1) is 0 Å². The molecule has 0 spiro atoms. The van der Waals surface area contributed by atoms with E-state index in [9.17, 15) is 19.8 Å². The van der Waals surface area contributed by atoms with Crippen molar-refractivity contribution in [2.24, 2.45) is 5.92 Å². The summed E-state index contributed by atoms with van der Waals surface area (Å²) in [7, 11) is 0. The molecule has 0 aromatic rings. The fourth-order valence-electron chi connectivity index (χ4n) is 1.20. The fourth-order valence-corrected chi connectivity index (χ4v) is 1.20. The SMILES string of the molecule is CC(=O)/C=C(O)/C(C(=O)O)=C(\O)CCC(C)C. The lowest BCUT2D eigenvalue weighted by Gasteiger charge is -2.08. The zero-order valence-electron chi connectivity index (χ0n) is 10.2. The first kappa shape index (κ1) is 15.2. The molecule has 0 aliphatic rings. The lowest BCUT2D eigenvalue weighted by atomic mass is 10.0. The summed E-state index contributed by atoms with van der Waals surface area (Å²) < 4.78 is 0. The van der Waals surface area contributed by atoms with E-state index in [0.29, 0.717) is 12.3 Å². The quantitative estimate of drug-likeness (QED) is 0.377. The van der Waals surface area contributed by atoms with Crippen molar-refractivity contribution in [3.63, 3.8) is 0 Å². The van der Waals surface area contributed by atoms with Crippen LogP contribution in [0.5, 0.6) is 0 Å². The van der Waals surface area contributed by atoms with E-state index in [2.05, 4.69) is 0 Å². The molecule has 0 atom stereocenters. The smallest absolute Gasteiger partial charge is 0.342 e. The Labute approximate surface area is 100 Å². The Bertz CT molecular complexity index is 363. The number of carbonyl (C=O) groups excluding carboxylic acids is 1. The molecule has 0 heterocycles. The molecule has 5 nitrogen and oxygen atoms in total. The van der Waals surface area contributed by atoms with E-state index >= 15 is 0 Å². The highest BCUT2D eigenvalue weighted by Gasteiger charge is 2.19. The Hall–Kier alpha value is -1.78. The lowest BCUT2D eigenvalue weighted by Crippen LogP contribution is -2.09. The monoisotopic (exact) mass is 242 g/mol. The van der Waals surface area contributed by atoms with E-state index in [1.165, 1.54) is 6.92 Å². The number of ketones is 1. The summed E-state index contributed by atoms with van der Waals surface area (Å²) in [6.45, 7) is 5.04. The van der Waals surface area contributed by atoms with E-state index < -0.39 is 28.8 Å². The average molecular weight is 242 g/mol. The number of aliphatic hydroxyl groups is 2. The van der Waals surface area contributed by atoms with Gasteiger partial charge in [-0.05, 0) is 19.3 Å². The summed E-state index contributed by atoms with van der Waals surface area (Å²) in [5, 5.41) is 27.9. The molecule has 0 saturated heterocycles. The lowest BCUT2D eigenvalue weighted by molar-refractivity contribution is -0.132. The van der Waals surface area contributed by atoms with Crippen LogP contribution in [-0.2, 0) is 9.59 Å². The largest absolute Gasteiger partial charge is 0.511 e. The molecule has 0 rings (SSSR count). The number of rotatable bonds is 6. The van der Waals surface area contributed by atoms with E-state index in [4.69, 9.17) is 5.11 Å². The summed E-state index contributed by atoms with van der Waals surface area (Å²) >= 11 is 0. The van der Waals surface area contributed by atoms with Crippen molar-refractivity contribution in [2.45, 2.75) is 33.6 Å². The maximum absolute atomic E-state index is 10.9. The molecular formula is C12H18O5. The van der Waals surface area contributed by atoms with Crippen LogP contribution in [0.4, 0.5) is 0 Å². The molecule has 0 saturated carbocycles. The van der Waals surface area contributed by atoms with Crippen LogP contribution in [0.2, 0.25) is 0 Å². The number of hydrogen-bond donors (Lipinski definition) is 3. The van der Waals surface area contributed by atoms with Gasteiger partial charge in [0.2, 0.25) is 0 Å². The van der Waals surface area contributed by atoms with Crippen molar-refractivity contribution in [1.29, 1.82) is 0 Å². The highest BCUT2D eigenvalue weighted by molar-refractivity contribution is 5.95. The Balaban J connectivity index is 5.14. The second-order valence-electron chi connectivity index (χ2n) is 4.20. The van der Waals surface area contributed by atoms with Crippen LogP contribution in [0.3, 0.4) is 0 Å². The number of aliphatic carboxylic acids is 1. The third-order valence-electron chi connectivity index (χ3n) is 2.06. The van der Waals surface area contributed by atoms with Gasteiger partial charge in [-0.3, -0.25) is 4.79 Å². The molecule has 0 radical (unpaired) electrons. The number of aliphatic hydroxyl groups excluding tert-OH is 2. The Morgan fingerprint density at radius 1 is 1.18 bits per heavy atom. The van der Waals surface area contributed by atoms with Crippen LogP contribution in [0.1, 0.15) is 33.6 Å². The average Bonchev–Trinajstić information content (AvgIpc) is 2.12. The van der Waals surface area contributed by atoms with E-state index in [1.54, 1.807) is 0 Å². The highest BCUT2D eigenvalue weighted by Crippen LogP contribution is 2.18. The van der Waals surface area contributed by atoms with Crippen molar-refractivity contribution in [2.75, 3.05) is 0 Å². The van der Waals surface area contributed by atoms with Gasteiger partial charge in [-0.1, -0.05) is 13.8 Å². The molecule has 0 aliphatic heterocycles. The van der Waals surface area contributed by atoms with Crippen LogP contribution >= 0.6 is 0 Å². The van der Waals surface area contributed by atoms with Gasteiger partial charge in [0.25, 0.3) is 0 Å². The van der Waals surface area contributed by atoms with Gasteiger partial charge in [0.15, 0.2) is 5.78 Å². The molecule has 0 fully saturated rings. The number of carboxylic acids is 1. The fraction of sp³-hybridized carbons (Fsp3) is 0.500. The van der Waals surface area contributed by atoms with Crippen molar-refractivity contribution < 1.29 is 24.9 Å². The number of allylic oxidation sites excluding steroid dienone is 2. The molecule has 5 heteroatoms. The van der Waals surface area contributed by atoms with Crippen molar-refractivity contribution in [3.8, 4) is 0 Å². The topological polar surface area (TPSA) is 94.8 Å². The first-order chi connectivity index (χ1) is 7.75. The highest BCUT2D eigenvalue weighted by atomic mass is 16.4. The normalized spacial score (nSPS) is 13.5. The van der Waals surface area contributed by atoms with Gasteiger partial charge < -0.3 is 15.3 Å². The minimum Gasteiger partial charge on any atom is -0.511 e. The Kier molecular flexibility index (Phi) is 6.02. The second-order valence-corrected chi connectivity index (χ2v) is 4.20. The number of hydrogen-bond acceptors (Lipinski definition) is 4. The molecule has 0 bridgehead atoms. The van der Waals surface area contributed by atoms with Gasteiger partial charge in [0.1, 0.15) is 17.1 Å². The molecule has 0 aromatic heterocycles. The van der Waals surface area contributed by atoms with Crippen LogP contribution in [0.25, 0.3) is 0 Å². The van der Waals surface area contributed by atoms with Crippen molar-refractivity contribution >= 4 is 11.8 Å². The molecule has 17 heavy (non-hydrogen) atoms. The van der Waals surface area contributed by atoms with Gasteiger partial charge >= 0.3 is 5.97 Å². The van der Waals surface area contributed by atoms with Crippen LogP contribution in [0.15, 0.2) is 23.2 Å². The molecular weight excluding hydrogens is 224 g/mol. The summed E-state index contributed by atoms with van der Waals surface area (Å²) in [5.74, 6) is -2.78. The standard InChI is InChI=1S/C12H18O5/c1-7(2)4-5-9(14)11(12(16)17)10(15)6-8(3)13/h6-7,14-15H,4-5H2,1-3H3,(H,16,17)/b10-6-,11-9+. The molecule has 0 aliphatic carbocycles. The minimum atomic E-state index is -1.46. The summed E-state index contributed by atoms with van der Waals surface area (Å²) in [4.78, 5) is 21.6. The van der Waals surface area contributed by atoms with Crippen molar-refractivity contribution in [1.82, 2.24) is 0 Å².